The molecule has 1 heterocycles. The Morgan fingerprint density at radius 2 is 1.86 bits per heavy atom. The van der Waals surface area contributed by atoms with E-state index in [1.807, 2.05) is 44.2 Å². The smallest absolute Gasteiger partial charge is 0.257 e. The van der Waals surface area contributed by atoms with Crippen LogP contribution in [-0.4, -0.2) is 16.8 Å². The van der Waals surface area contributed by atoms with Crippen molar-refractivity contribution in [2.45, 2.75) is 39.0 Å². The summed E-state index contributed by atoms with van der Waals surface area (Å²) >= 11 is 1.47. The predicted molar refractivity (Wildman–Crippen MR) is 117 cm³/mol. The Morgan fingerprint density at radius 1 is 1.07 bits per heavy atom. The van der Waals surface area contributed by atoms with Crippen LogP contribution in [0.2, 0.25) is 0 Å². The van der Waals surface area contributed by atoms with Gasteiger partial charge in [-0.2, -0.15) is 0 Å². The second-order valence-electron chi connectivity index (χ2n) is 7.40. The van der Waals surface area contributed by atoms with E-state index >= 15 is 0 Å². The maximum atomic E-state index is 13.0. The van der Waals surface area contributed by atoms with Gasteiger partial charge in [0.1, 0.15) is 0 Å². The van der Waals surface area contributed by atoms with Crippen LogP contribution in [0.15, 0.2) is 48.5 Å². The molecule has 0 spiro atoms. The maximum absolute atomic E-state index is 13.0. The van der Waals surface area contributed by atoms with Gasteiger partial charge in [0, 0.05) is 16.1 Å². The molecule has 29 heavy (non-hydrogen) atoms. The first-order valence-corrected chi connectivity index (χ1v) is 10.6. The third-order valence-electron chi connectivity index (χ3n) is 5.17. The third kappa shape index (κ3) is 4.22. The summed E-state index contributed by atoms with van der Waals surface area (Å²) in [5.74, 6) is -0.518. The number of hydrogen-bond acceptors (Lipinski definition) is 4. The van der Waals surface area contributed by atoms with Crippen molar-refractivity contribution < 1.29 is 9.59 Å². The van der Waals surface area contributed by atoms with Crippen molar-refractivity contribution in [3.63, 3.8) is 0 Å². The van der Waals surface area contributed by atoms with Crippen molar-refractivity contribution in [2.24, 2.45) is 0 Å². The number of carbonyl (C=O) groups is 2. The molecule has 6 heteroatoms. The summed E-state index contributed by atoms with van der Waals surface area (Å²) in [5.41, 5.74) is 4.43. The minimum Gasteiger partial charge on any atom is -0.325 e. The van der Waals surface area contributed by atoms with E-state index in [-0.39, 0.29) is 17.7 Å². The normalized spacial score (nSPS) is 15.4. The Bertz CT molecular complexity index is 1060. The highest BCUT2D eigenvalue weighted by Gasteiger charge is 2.31. The molecule has 5 nitrogen and oxygen atoms in total. The molecule has 0 radical (unpaired) electrons. The monoisotopic (exact) mass is 405 g/mol. The van der Waals surface area contributed by atoms with Crippen molar-refractivity contribution in [1.29, 1.82) is 0 Å². The van der Waals surface area contributed by atoms with Crippen LogP contribution in [0, 0.1) is 13.8 Å². The van der Waals surface area contributed by atoms with Gasteiger partial charge < -0.3 is 5.32 Å². The van der Waals surface area contributed by atoms with Gasteiger partial charge in [-0.05, 0) is 56.9 Å². The second kappa shape index (κ2) is 8.17. The van der Waals surface area contributed by atoms with Crippen LogP contribution in [0.25, 0.3) is 0 Å². The molecule has 3 aromatic rings. The lowest BCUT2D eigenvalue weighted by Gasteiger charge is -2.21. The van der Waals surface area contributed by atoms with Gasteiger partial charge in [-0.15, -0.1) is 11.3 Å². The lowest BCUT2D eigenvalue weighted by Crippen LogP contribution is -2.25. The fourth-order valence-corrected chi connectivity index (χ4v) is 4.72. The van der Waals surface area contributed by atoms with E-state index in [0.29, 0.717) is 10.7 Å². The number of aryl methyl sites for hydroxylation is 3. The molecule has 1 aliphatic carbocycles. The van der Waals surface area contributed by atoms with E-state index in [2.05, 4.69) is 21.7 Å². The Kier molecular flexibility index (Phi) is 5.45. The van der Waals surface area contributed by atoms with Crippen LogP contribution >= 0.6 is 11.3 Å². The molecule has 0 unspecified atom stereocenters. The summed E-state index contributed by atoms with van der Waals surface area (Å²) < 4.78 is 0. The van der Waals surface area contributed by atoms with E-state index in [0.717, 1.165) is 41.1 Å². The molecule has 148 valence electrons. The fraction of sp³-hybridized carbons (Fsp3) is 0.261. The summed E-state index contributed by atoms with van der Waals surface area (Å²) in [5, 5.41) is 6.49. The minimum atomic E-state index is -0.293. The van der Waals surface area contributed by atoms with Crippen LogP contribution in [0.4, 0.5) is 10.8 Å². The van der Waals surface area contributed by atoms with Gasteiger partial charge in [-0.1, -0.05) is 35.9 Å². The summed E-state index contributed by atoms with van der Waals surface area (Å²) in [6.45, 7) is 4.03. The molecule has 2 aromatic carbocycles. The van der Waals surface area contributed by atoms with Gasteiger partial charge in [-0.25, -0.2) is 4.98 Å². The minimum absolute atomic E-state index is 0.0378. The number of anilines is 2. The first-order valence-electron chi connectivity index (χ1n) is 9.75. The Labute approximate surface area is 174 Å². The molecular weight excluding hydrogens is 382 g/mol. The van der Waals surface area contributed by atoms with Crippen LogP contribution in [0.3, 0.4) is 0 Å². The summed E-state index contributed by atoms with van der Waals surface area (Å²) in [4.78, 5) is 31.1. The van der Waals surface area contributed by atoms with Crippen LogP contribution < -0.4 is 10.6 Å². The number of amides is 2. The highest BCUT2D eigenvalue weighted by Crippen LogP contribution is 2.37. The molecule has 0 saturated heterocycles. The number of aromatic nitrogens is 1. The van der Waals surface area contributed by atoms with Crippen LogP contribution in [0.1, 0.15) is 50.8 Å². The summed E-state index contributed by atoms with van der Waals surface area (Å²) in [6, 6.07) is 15.1. The average Bonchev–Trinajstić information content (AvgIpc) is 3.13. The van der Waals surface area contributed by atoms with Gasteiger partial charge in [0.25, 0.3) is 5.91 Å². The lowest BCUT2D eigenvalue weighted by atomic mass is 9.90. The molecule has 1 aliphatic rings. The van der Waals surface area contributed by atoms with E-state index in [4.69, 9.17) is 0 Å². The van der Waals surface area contributed by atoms with Crippen molar-refractivity contribution in [3.8, 4) is 0 Å². The standard InChI is InChI=1S/C23H23N3O2S/c1-14-11-12-18(15(2)13-14)24-22(28)17-9-6-10-19-20(17)25-23(29-19)26-21(27)16-7-4-3-5-8-16/h3-5,7-8,11-13,17H,6,9-10H2,1-2H3,(H,24,28)(H,25,26,27)/t17-/m0/s1. The number of carbonyl (C=O) groups excluding carboxylic acids is 2. The largest absolute Gasteiger partial charge is 0.325 e. The number of rotatable bonds is 4. The molecule has 0 fully saturated rings. The number of benzene rings is 2. The third-order valence-corrected chi connectivity index (χ3v) is 6.21. The first kappa shape index (κ1) is 19.3. The Balaban J connectivity index is 1.52. The van der Waals surface area contributed by atoms with Gasteiger partial charge in [0.15, 0.2) is 5.13 Å². The van der Waals surface area contributed by atoms with E-state index in [9.17, 15) is 9.59 Å². The number of nitrogens with one attached hydrogen (secondary N) is 2. The first-order chi connectivity index (χ1) is 14.0. The Hall–Kier alpha value is -2.99. The molecule has 4 rings (SSSR count). The molecular formula is C23H23N3O2S. The zero-order chi connectivity index (χ0) is 20.4. The molecule has 0 bridgehead atoms. The topological polar surface area (TPSA) is 71.1 Å². The number of hydrogen-bond donors (Lipinski definition) is 2. The molecule has 0 saturated carbocycles. The van der Waals surface area contributed by atoms with E-state index in [1.54, 1.807) is 12.1 Å². The molecule has 2 amide bonds. The van der Waals surface area contributed by atoms with Gasteiger partial charge in [0.2, 0.25) is 5.91 Å². The molecule has 0 aliphatic heterocycles. The highest BCUT2D eigenvalue weighted by atomic mass is 32.1. The molecule has 1 aromatic heterocycles. The second-order valence-corrected chi connectivity index (χ2v) is 8.48. The Morgan fingerprint density at radius 3 is 2.62 bits per heavy atom. The number of fused-ring (bicyclic) bond motifs is 1. The van der Waals surface area contributed by atoms with Crippen LogP contribution in [0.5, 0.6) is 0 Å². The van der Waals surface area contributed by atoms with Gasteiger partial charge >= 0.3 is 0 Å². The molecule has 2 N–H and O–H groups in total. The van der Waals surface area contributed by atoms with Crippen molar-refractivity contribution >= 4 is 34.0 Å². The summed E-state index contributed by atoms with van der Waals surface area (Å²) in [6.07, 6.45) is 2.59. The molecule has 1 atom stereocenters. The fourth-order valence-electron chi connectivity index (χ4n) is 3.66. The SMILES string of the molecule is Cc1ccc(NC(=O)[C@H]2CCCc3sc(NC(=O)c4ccccc4)nc32)c(C)c1. The zero-order valence-corrected chi connectivity index (χ0v) is 17.3. The average molecular weight is 406 g/mol. The van der Waals surface area contributed by atoms with E-state index in [1.165, 1.54) is 16.9 Å². The predicted octanol–water partition coefficient (Wildman–Crippen LogP) is 5.07. The quantitative estimate of drug-likeness (QED) is 0.636. The summed E-state index contributed by atoms with van der Waals surface area (Å²) in [7, 11) is 0. The van der Waals surface area contributed by atoms with E-state index < -0.39 is 0 Å². The zero-order valence-electron chi connectivity index (χ0n) is 16.5. The number of thiazole rings is 1. The van der Waals surface area contributed by atoms with Crippen molar-refractivity contribution in [1.82, 2.24) is 4.98 Å². The number of nitrogens with zero attached hydrogens (tertiary/aromatic N) is 1. The lowest BCUT2D eigenvalue weighted by molar-refractivity contribution is -0.117. The van der Waals surface area contributed by atoms with Crippen LogP contribution in [-0.2, 0) is 11.2 Å². The van der Waals surface area contributed by atoms with Gasteiger partial charge in [-0.3, -0.25) is 14.9 Å². The highest BCUT2D eigenvalue weighted by molar-refractivity contribution is 7.16. The maximum Gasteiger partial charge on any atom is 0.257 e. The van der Waals surface area contributed by atoms with Crippen molar-refractivity contribution in [3.05, 3.63) is 75.8 Å². The van der Waals surface area contributed by atoms with Gasteiger partial charge in [0.05, 0.1) is 11.6 Å². The van der Waals surface area contributed by atoms with Crippen molar-refractivity contribution in [2.75, 3.05) is 10.6 Å².